The van der Waals surface area contributed by atoms with Crippen LogP contribution in [-0.2, 0) is 17.1 Å². The van der Waals surface area contributed by atoms with E-state index in [0.717, 1.165) is 11.5 Å². The Morgan fingerprint density at radius 2 is 2.05 bits per heavy atom. The largest absolute Gasteiger partial charge is 0.467 e. The molecule has 2 rings (SSSR count). The lowest BCUT2D eigenvalue weighted by atomic mass is 10.2. The van der Waals surface area contributed by atoms with Gasteiger partial charge in [0.05, 0.1) is 18.1 Å². The van der Waals surface area contributed by atoms with Crippen molar-refractivity contribution >= 4 is 17.7 Å². The quantitative estimate of drug-likeness (QED) is 0.880. The molecular formula is C15H17NO2S. The van der Waals surface area contributed by atoms with Crippen molar-refractivity contribution in [3.63, 3.8) is 0 Å². The Balaban J connectivity index is 1.73. The van der Waals surface area contributed by atoms with Crippen LogP contribution in [0.15, 0.2) is 53.1 Å². The first-order valence-corrected chi connectivity index (χ1v) is 7.26. The fourth-order valence-electron chi connectivity index (χ4n) is 1.60. The molecule has 0 radical (unpaired) electrons. The molecule has 0 spiro atoms. The number of hydrogen-bond donors (Lipinski definition) is 1. The SMILES string of the molecule is CC(SCc1ccccc1)C(=O)NCc1ccco1. The van der Waals surface area contributed by atoms with Gasteiger partial charge in [-0.05, 0) is 24.6 Å². The number of rotatable bonds is 6. The zero-order valence-corrected chi connectivity index (χ0v) is 11.7. The van der Waals surface area contributed by atoms with E-state index in [1.807, 2.05) is 37.3 Å². The second-order valence-electron chi connectivity index (χ2n) is 4.24. The van der Waals surface area contributed by atoms with Gasteiger partial charge in [-0.25, -0.2) is 0 Å². The Morgan fingerprint density at radius 1 is 1.26 bits per heavy atom. The number of furan rings is 1. The van der Waals surface area contributed by atoms with Crippen LogP contribution < -0.4 is 5.32 Å². The summed E-state index contributed by atoms with van der Waals surface area (Å²) in [5, 5.41) is 2.79. The first-order chi connectivity index (χ1) is 9.25. The van der Waals surface area contributed by atoms with Crippen molar-refractivity contribution in [1.82, 2.24) is 5.32 Å². The lowest BCUT2D eigenvalue weighted by molar-refractivity contribution is -0.120. The molecule has 2 aromatic rings. The van der Waals surface area contributed by atoms with Gasteiger partial charge < -0.3 is 9.73 Å². The Morgan fingerprint density at radius 3 is 2.74 bits per heavy atom. The molecule has 1 aromatic carbocycles. The summed E-state index contributed by atoms with van der Waals surface area (Å²) in [6.07, 6.45) is 1.61. The Bertz CT molecular complexity index is 496. The van der Waals surface area contributed by atoms with Gasteiger partial charge in [0.2, 0.25) is 5.91 Å². The van der Waals surface area contributed by atoms with Crippen LogP contribution in [0.5, 0.6) is 0 Å². The molecule has 0 bridgehead atoms. The average Bonchev–Trinajstić information content (AvgIpc) is 2.96. The van der Waals surface area contributed by atoms with Crippen LogP contribution in [0.3, 0.4) is 0 Å². The Labute approximate surface area is 117 Å². The maximum Gasteiger partial charge on any atom is 0.233 e. The zero-order chi connectivity index (χ0) is 13.5. The summed E-state index contributed by atoms with van der Waals surface area (Å²) >= 11 is 1.63. The normalized spacial score (nSPS) is 12.1. The van der Waals surface area contributed by atoms with Crippen molar-refractivity contribution in [1.29, 1.82) is 0 Å². The summed E-state index contributed by atoms with van der Waals surface area (Å²) in [6, 6.07) is 13.8. The molecular weight excluding hydrogens is 258 g/mol. The van der Waals surface area contributed by atoms with E-state index in [9.17, 15) is 4.79 Å². The maximum atomic E-state index is 11.9. The van der Waals surface area contributed by atoms with Crippen molar-refractivity contribution in [3.05, 3.63) is 60.1 Å². The molecule has 1 aromatic heterocycles. The van der Waals surface area contributed by atoms with Gasteiger partial charge in [-0.15, -0.1) is 11.8 Å². The highest BCUT2D eigenvalue weighted by atomic mass is 32.2. The number of carbonyl (C=O) groups excluding carboxylic acids is 1. The van der Waals surface area contributed by atoms with Gasteiger partial charge in [0.25, 0.3) is 0 Å². The van der Waals surface area contributed by atoms with Crippen LogP contribution in [0.2, 0.25) is 0 Å². The van der Waals surface area contributed by atoms with E-state index in [1.165, 1.54) is 5.56 Å². The van der Waals surface area contributed by atoms with Crippen LogP contribution in [0.1, 0.15) is 18.2 Å². The van der Waals surface area contributed by atoms with Gasteiger partial charge in [-0.1, -0.05) is 30.3 Å². The standard InChI is InChI=1S/C15H17NO2S/c1-12(19-11-13-6-3-2-4-7-13)15(17)16-10-14-8-5-9-18-14/h2-9,12H,10-11H2,1H3,(H,16,17). The van der Waals surface area contributed by atoms with Gasteiger partial charge in [-0.2, -0.15) is 0 Å². The zero-order valence-electron chi connectivity index (χ0n) is 10.8. The van der Waals surface area contributed by atoms with Crippen LogP contribution in [0.25, 0.3) is 0 Å². The lowest BCUT2D eigenvalue weighted by Gasteiger charge is -2.11. The predicted octanol–water partition coefficient (Wildman–Crippen LogP) is 3.22. The molecule has 1 heterocycles. The molecule has 1 unspecified atom stereocenters. The van der Waals surface area contributed by atoms with Crippen molar-refractivity contribution in [2.75, 3.05) is 0 Å². The smallest absolute Gasteiger partial charge is 0.233 e. The monoisotopic (exact) mass is 275 g/mol. The third kappa shape index (κ3) is 4.48. The Hall–Kier alpha value is -1.68. The first-order valence-electron chi connectivity index (χ1n) is 6.21. The summed E-state index contributed by atoms with van der Waals surface area (Å²) in [6.45, 7) is 2.37. The van der Waals surface area contributed by atoms with Crippen molar-refractivity contribution in [2.24, 2.45) is 0 Å². The molecule has 0 aliphatic rings. The fourth-order valence-corrected chi connectivity index (χ4v) is 2.47. The molecule has 1 amide bonds. The third-order valence-corrected chi connectivity index (χ3v) is 3.94. The number of amides is 1. The van der Waals surface area contributed by atoms with Crippen LogP contribution in [0, 0.1) is 0 Å². The summed E-state index contributed by atoms with van der Waals surface area (Å²) in [5.74, 6) is 1.65. The number of thioether (sulfide) groups is 1. The van der Waals surface area contributed by atoms with E-state index in [0.29, 0.717) is 6.54 Å². The third-order valence-electron chi connectivity index (χ3n) is 2.73. The summed E-state index contributed by atoms with van der Waals surface area (Å²) < 4.78 is 5.17. The average molecular weight is 275 g/mol. The lowest BCUT2D eigenvalue weighted by Crippen LogP contribution is -2.30. The van der Waals surface area contributed by atoms with Gasteiger partial charge in [0.1, 0.15) is 5.76 Å². The minimum atomic E-state index is -0.0739. The second-order valence-corrected chi connectivity index (χ2v) is 5.57. The molecule has 100 valence electrons. The molecule has 1 N–H and O–H groups in total. The van der Waals surface area contributed by atoms with Gasteiger partial charge in [-0.3, -0.25) is 4.79 Å². The minimum absolute atomic E-state index is 0.0392. The minimum Gasteiger partial charge on any atom is -0.467 e. The molecule has 4 heteroatoms. The highest BCUT2D eigenvalue weighted by Gasteiger charge is 2.13. The van der Waals surface area contributed by atoms with E-state index in [2.05, 4.69) is 17.4 Å². The summed E-state index contributed by atoms with van der Waals surface area (Å²) in [7, 11) is 0. The van der Waals surface area contributed by atoms with Crippen LogP contribution in [-0.4, -0.2) is 11.2 Å². The van der Waals surface area contributed by atoms with E-state index in [-0.39, 0.29) is 11.2 Å². The van der Waals surface area contributed by atoms with E-state index < -0.39 is 0 Å². The van der Waals surface area contributed by atoms with Gasteiger partial charge >= 0.3 is 0 Å². The van der Waals surface area contributed by atoms with Crippen LogP contribution in [0.4, 0.5) is 0 Å². The number of benzene rings is 1. The Kier molecular flexibility index (Phi) is 5.10. The van der Waals surface area contributed by atoms with Crippen LogP contribution >= 0.6 is 11.8 Å². The highest BCUT2D eigenvalue weighted by molar-refractivity contribution is 7.99. The molecule has 19 heavy (non-hydrogen) atoms. The van der Waals surface area contributed by atoms with Crippen molar-refractivity contribution < 1.29 is 9.21 Å². The summed E-state index contributed by atoms with van der Waals surface area (Å²) in [4.78, 5) is 11.9. The highest BCUT2D eigenvalue weighted by Crippen LogP contribution is 2.17. The molecule has 0 aliphatic heterocycles. The van der Waals surface area contributed by atoms with E-state index in [4.69, 9.17) is 4.42 Å². The van der Waals surface area contributed by atoms with E-state index >= 15 is 0 Å². The van der Waals surface area contributed by atoms with Crippen molar-refractivity contribution in [2.45, 2.75) is 24.5 Å². The second kappa shape index (κ2) is 7.04. The van der Waals surface area contributed by atoms with Gasteiger partial charge in [0, 0.05) is 5.75 Å². The van der Waals surface area contributed by atoms with Gasteiger partial charge in [0.15, 0.2) is 0 Å². The molecule has 0 saturated heterocycles. The maximum absolute atomic E-state index is 11.9. The molecule has 1 atom stereocenters. The topological polar surface area (TPSA) is 42.2 Å². The number of carbonyl (C=O) groups is 1. The summed E-state index contributed by atoms with van der Waals surface area (Å²) in [5.41, 5.74) is 1.23. The number of nitrogens with one attached hydrogen (secondary N) is 1. The van der Waals surface area contributed by atoms with E-state index in [1.54, 1.807) is 18.0 Å². The fraction of sp³-hybridized carbons (Fsp3) is 0.267. The molecule has 0 aliphatic carbocycles. The molecule has 3 nitrogen and oxygen atoms in total. The van der Waals surface area contributed by atoms with Crippen molar-refractivity contribution in [3.8, 4) is 0 Å². The molecule has 0 saturated carbocycles. The predicted molar refractivity (Wildman–Crippen MR) is 77.8 cm³/mol. The number of hydrogen-bond acceptors (Lipinski definition) is 3. The molecule has 0 fully saturated rings. The first kappa shape index (κ1) is 13.7.